The van der Waals surface area contributed by atoms with Crippen molar-refractivity contribution in [2.45, 2.75) is 26.4 Å². The number of hydrogen-bond acceptors (Lipinski definition) is 2. The number of rotatable bonds is 4. The molecule has 100 valence electrons. The van der Waals surface area contributed by atoms with E-state index < -0.39 is 0 Å². The number of halogens is 1. The van der Waals surface area contributed by atoms with Crippen LogP contribution in [0.25, 0.3) is 0 Å². The molecule has 2 nitrogen and oxygen atoms in total. The van der Waals surface area contributed by atoms with Gasteiger partial charge in [0.2, 0.25) is 0 Å². The number of aryl methyl sites for hydroxylation is 1. The van der Waals surface area contributed by atoms with Gasteiger partial charge in [0.1, 0.15) is 5.75 Å². The van der Waals surface area contributed by atoms with Crippen LogP contribution in [0.5, 0.6) is 5.75 Å². The maximum atomic E-state index is 9.81. The van der Waals surface area contributed by atoms with E-state index in [0.29, 0.717) is 12.3 Å². The van der Waals surface area contributed by atoms with Gasteiger partial charge >= 0.3 is 0 Å². The van der Waals surface area contributed by atoms with E-state index in [1.165, 1.54) is 0 Å². The van der Waals surface area contributed by atoms with Crippen LogP contribution in [0.3, 0.4) is 0 Å². The van der Waals surface area contributed by atoms with E-state index in [4.69, 9.17) is 11.6 Å². The van der Waals surface area contributed by atoms with E-state index in [2.05, 4.69) is 12.2 Å². The van der Waals surface area contributed by atoms with Crippen LogP contribution in [-0.4, -0.2) is 5.11 Å². The molecule has 2 aromatic carbocycles. The van der Waals surface area contributed by atoms with Gasteiger partial charge in [-0.05, 0) is 31.5 Å². The predicted octanol–water partition coefficient (Wildman–Crippen LogP) is 4.20. The average Bonchev–Trinajstić information content (AvgIpc) is 2.40. The average molecular weight is 276 g/mol. The van der Waals surface area contributed by atoms with Crippen LogP contribution in [0.15, 0.2) is 42.5 Å². The lowest BCUT2D eigenvalue weighted by Crippen LogP contribution is -2.18. The monoisotopic (exact) mass is 275 g/mol. The van der Waals surface area contributed by atoms with Crippen LogP contribution >= 0.6 is 11.6 Å². The van der Waals surface area contributed by atoms with Crippen LogP contribution < -0.4 is 5.32 Å². The van der Waals surface area contributed by atoms with E-state index in [9.17, 15) is 5.11 Å². The molecule has 2 rings (SSSR count). The van der Waals surface area contributed by atoms with Crippen molar-refractivity contribution in [3.8, 4) is 5.75 Å². The van der Waals surface area contributed by atoms with Gasteiger partial charge in [-0.3, -0.25) is 0 Å². The van der Waals surface area contributed by atoms with E-state index >= 15 is 0 Å². The fourth-order valence-electron chi connectivity index (χ4n) is 2.06. The molecule has 2 N–H and O–H groups in total. The summed E-state index contributed by atoms with van der Waals surface area (Å²) < 4.78 is 0. The van der Waals surface area contributed by atoms with Gasteiger partial charge < -0.3 is 10.4 Å². The van der Waals surface area contributed by atoms with Crippen molar-refractivity contribution in [3.05, 3.63) is 64.2 Å². The molecule has 2 aromatic rings. The molecule has 0 amide bonds. The molecule has 0 spiro atoms. The molecule has 0 heterocycles. The number of nitrogens with one attached hydrogen (secondary N) is 1. The van der Waals surface area contributed by atoms with E-state index in [0.717, 1.165) is 21.7 Å². The predicted molar refractivity (Wildman–Crippen MR) is 79.6 cm³/mol. The number of phenols is 1. The third-order valence-corrected chi connectivity index (χ3v) is 3.55. The summed E-state index contributed by atoms with van der Waals surface area (Å²) in [7, 11) is 0. The SMILES string of the molecule is Cc1ccc(O)c(CN[C@@H](C)c2ccccc2Cl)c1. The highest BCUT2D eigenvalue weighted by Crippen LogP contribution is 2.24. The highest BCUT2D eigenvalue weighted by molar-refractivity contribution is 6.31. The smallest absolute Gasteiger partial charge is 0.120 e. The topological polar surface area (TPSA) is 32.3 Å². The Bertz CT molecular complexity index is 568. The molecule has 0 radical (unpaired) electrons. The Balaban J connectivity index is 2.06. The fourth-order valence-corrected chi connectivity index (χ4v) is 2.35. The summed E-state index contributed by atoms with van der Waals surface area (Å²) in [4.78, 5) is 0. The molecule has 0 aliphatic heterocycles. The highest BCUT2D eigenvalue weighted by atomic mass is 35.5. The Morgan fingerprint density at radius 3 is 2.68 bits per heavy atom. The summed E-state index contributed by atoms with van der Waals surface area (Å²) in [5.41, 5.74) is 3.11. The first kappa shape index (κ1) is 13.9. The van der Waals surface area contributed by atoms with Crippen molar-refractivity contribution in [3.63, 3.8) is 0 Å². The molecular formula is C16H18ClNO. The van der Waals surface area contributed by atoms with Gasteiger partial charge in [0.25, 0.3) is 0 Å². The lowest BCUT2D eigenvalue weighted by atomic mass is 10.1. The lowest BCUT2D eigenvalue weighted by molar-refractivity contribution is 0.460. The maximum Gasteiger partial charge on any atom is 0.120 e. The third-order valence-electron chi connectivity index (χ3n) is 3.21. The van der Waals surface area contributed by atoms with E-state index in [1.54, 1.807) is 6.07 Å². The third kappa shape index (κ3) is 3.49. The summed E-state index contributed by atoms with van der Waals surface area (Å²) in [6.07, 6.45) is 0. The number of phenolic OH excluding ortho intramolecular Hbond substituents is 1. The Hall–Kier alpha value is -1.51. The zero-order valence-corrected chi connectivity index (χ0v) is 11.9. The Morgan fingerprint density at radius 2 is 1.95 bits per heavy atom. The number of hydrogen-bond donors (Lipinski definition) is 2. The van der Waals surface area contributed by atoms with Gasteiger partial charge in [0.15, 0.2) is 0 Å². The molecule has 0 fully saturated rings. The Labute approximate surface area is 119 Å². The zero-order chi connectivity index (χ0) is 13.8. The summed E-state index contributed by atoms with van der Waals surface area (Å²) in [6, 6.07) is 13.5. The minimum atomic E-state index is 0.133. The summed E-state index contributed by atoms with van der Waals surface area (Å²) >= 11 is 6.17. The van der Waals surface area contributed by atoms with Gasteiger partial charge in [-0.25, -0.2) is 0 Å². The quantitative estimate of drug-likeness (QED) is 0.876. The van der Waals surface area contributed by atoms with Gasteiger partial charge in [0, 0.05) is 23.2 Å². The lowest BCUT2D eigenvalue weighted by Gasteiger charge is -2.16. The zero-order valence-electron chi connectivity index (χ0n) is 11.2. The van der Waals surface area contributed by atoms with Gasteiger partial charge in [-0.1, -0.05) is 47.5 Å². The number of benzene rings is 2. The van der Waals surface area contributed by atoms with Crippen molar-refractivity contribution in [1.82, 2.24) is 5.32 Å². The van der Waals surface area contributed by atoms with Crippen LogP contribution in [0.4, 0.5) is 0 Å². The van der Waals surface area contributed by atoms with E-state index in [1.807, 2.05) is 43.3 Å². The first-order valence-corrected chi connectivity index (χ1v) is 6.72. The largest absolute Gasteiger partial charge is 0.508 e. The van der Waals surface area contributed by atoms with Gasteiger partial charge in [-0.2, -0.15) is 0 Å². The highest BCUT2D eigenvalue weighted by Gasteiger charge is 2.09. The van der Waals surface area contributed by atoms with Crippen LogP contribution in [0.1, 0.15) is 29.7 Å². The van der Waals surface area contributed by atoms with Gasteiger partial charge in [0.05, 0.1) is 0 Å². The molecule has 0 bridgehead atoms. The van der Waals surface area contributed by atoms with Crippen LogP contribution in [0, 0.1) is 6.92 Å². The second-order valence-corrected chi connectivity index (χ2v) is 5.16. The van der Waals surface area contributed by atoms with Crippen LogP contribution in [-0.2, 0) is 6.54 Å². The van der Waals surface area contributed by atoms with Gasteiger partial charge in [-0.15, -0.1) is 0 Å². The Kier molecular flexibility index (Phi) is 4.46. The van der Waals surface area contributed by atoms with Crippen molar-refractivity contribution in [2.24, 2.45) is 0 Å². The molecular weight excluding hydrogens is 258 g/mol. The number of aromatic hydroxyl groups is 1. The second-order valence-electron chi connectivity index (χ2n) is 4.76. The molecule has 0 saturated carbocycles. The fraction of sp³-hybridized carbons (Fsp3) is 0.250. The molecule has 0 unspecified atom stereocenters. The van der Waals surface area contributed by atoms with Crippen molar-refractivity contribution < 1.29 is 5.11 Å². The standard InChI is InChI=1S/C16H18ClNO/c1-11-7-8-16(19)13(9-11)10-18-12(2)14-5-3-4-6-15(14)17/h3-9,12,18-19H,10H2,1-2H3/t12-/m0/s1. The maximum absolute atomic E-state index is 9.81. The Morgan fingerprint density at radius 1 is 1.21 bits per heavy atom. The molecule has 0 aliphatic rings. The van der Waals surface area contributed by atoms with Crippen LogP contribution in [0.2, 0.25) is 5.02 Å². The first-order chi connectivity index (χ1) is 9.08. The summed E-state index contributed by atoms with van der Waals surface area (Å²) in [5.74, 6) is 0.324. The van der Waals surface area contributed by atoms with Crippen molar-refractivity contribution in [1.29, 1.82) is 0 Å². The molecule has 0 aliphatic carbocycles. The molecule has 0 saturated heterocycles. The summed E-state index contributed by atoms with van der Waals surface area (Å²) in [6.45, 7) is 4.69. The minimum Gasteiger partial charge on any atom is -0.508 e. The molecule has 0 aromatic heterocycles. The van der Waals surface area contributed by atoms with Crippen molar-refractivity contribution in [2.75, 3.05) is 0 Å². The minimum absolute atomic E-state index is 0.133. The molecule has 1 atom stereocenters. The van der Waals surface area contributed by atoms with E-state index in [-0.39, 0.29) is 6.04 Å². The molecule has 19 heavy (non-hydrogen) atoms. The van der Waals surface area contributed by atoms with Crippen molar-refractivity contribution >= 4 is 11.6 Å². The second kappa shape index (κ2) is 6.09. The summed E-state index contributed by atoms with van der Waals surface area (Å²) in [5, 5.41) is 13.9. The first-order valence-electron chi connectivity index (χ1n) is 6.34. The molecule has 3 heteroatoms. The normalized spacial score (nSPS) is 12.4.